The van der Waals surface area contributed by atoms with Crippen LogP contribution in [-0.2, 0) is 19.1 Å². The summed E-state index contributed by atoms with van der Waals surface area (Å²) in [5, 5.41) is 22.8. The SMILES string of the molecule is CSc1cccc2c(O[C@@H]3C[C@H]4C(=O)N[C@]5(C(=O)O)C[C@@H]5/C=C\CCCCC[C@H](NC(=O)OC5CCCC5)C(=O)N4C3)cc(-c3csc(NC(C)C)n3)nc12. The predicted molar refractivity (Wildman–Crippen MR) is 212 cm³/mol. The Morgan fingerprint density at radius 3 is 2.64 bits per heavy atom. The average Bonchev–Trinajstić information content (AvgIpc) is 3.58. The number of nitrogens with zero attached hydrogens (tertiary/aromatic N) is 3. The molecule has 0 bridgehead atoms. The Hall–Kier alpha value is -4.37. The standard InChI is InChI=1S/C40H50N6O7S2/c1-23(2)41-38-43-30(22-55-38)29-19-32(27-15-11-17-33(54-3)34(27)42-29)52-26-18-31-35(47)45-40(37(49)50)20-24(40)12-7-5-4-6-8-16-28(36(48)46(31)21-26)44-39(51)53-25-13-9-10-14-25/h7,11-12,15,17,19,22-26,28,31H,4-6,8-10,13-14,16,18,20-21H2,1-3H3,(H,41,43)(H,44,51)(H,45,47)(H,49,50)/b12-7-/t24-,26+,28-,31-,40+/m0/s1. The van der Waals surface area contributed by atoms with Crippen LogP contribution in [0.5, 0.6) is 5.75 Å². The lowest BCUT2D eigenvalue weighted by atomic mass is 10.0. The van der Waals surface area contributed by atoms with E-state index in [0.29, 0.717) is 30.0 Å². The number of benzene rings is 1. The second-order valence-electron chi connectivity index (χ2n) is 15.3. The zero-order chi connectivity index (χ0) is 38.7. The number of rotatable bonds is 9. The van der Waals surface area contributed by atoms with E-state index in [1.54, 1.807) is 11.8 Å². The number of allylic oxidation sites excluding steroid dienone is 1. The van der Waals surface area contributed by atoms with E-state index in [-0.39, 0.29) is 37.5 Å². The third kappa shape index (κ3) is 8.72. The molecule has 4 N–H and O–H groups in total. The van der Waals surface area contributed by atoms with E-state index in [9.17, 15) is 24.3 Å². The van der Waals surface area contributed by atoms with E-state index in [4.69, 9.17) is 19.4 Å². The molecule has 55 heavy (non-hydrogen) atoms. The summed E-state index contributed by atoms with van der Waals surface area (Å²) in [6, 6.07) is 5.98. The van der Waals surface area contributed by atoms with Crippen molar-refractivity contribution in [3.8, 4) is 17.1 Å². The molecule has 1 aromatic carbocycles. The van der Waals surface area contributed by atoms with Crippen LogP contribution in [0.1, 0.15) is 84.5 Å². The summed E-state index contributed by atoms with van der Waals surface area (Å²) in [6.45, 7) is 4.15. The fourth-order valence-corrected chi connectivity index (χ4v) is 9.36. The van der Waals surface area contributed by atoms with Crippen LogP contribution in [0, 0.1) is 5.92 Å². The smallest absolute Gasteiger partial charge is 0.408 e. The van der Waals surface area contributed by atoms with Crippen LogP contribution in [0.15, 0.2) is 46.7 Å². The topological polar surface area (TPSA) is 172 Å². The number of ether oxygens (including phenoxy) is 2. The first-order valence-electron chi connectivity index (χ1n) is 19.4. The number of nitrogens with one attached hydrogen (secondary N) is 3. The van der Waals surface area contributed by atoms with Crippen molar-refractivity contribution < 1.29 is 33.8 Å². The lowest BCUT2D eigenvalue weighted by Crippen LogP contribution is -2.56. The molecule has 294 valence electrons. The number of thiazole rings is 1. The molecule has 4 aliphatic rings. The Balaban J connectivity index is 1.21. The Labute approximate surface area is 329 Å². The third-order valence-corrected chi connectivity index (χ3v) is 12.5. The zero-order valence-electron chi connectivity index (χ0n) is 31.5. The minimum Gasteiger partial charge on any atom is -0.488 e. The lowest BCUT2D eigenvalue weighted by Gasteiger charge is -2.29. The van der Waals surface area contributed by atoms with Crippen LogP contribution in [-0.4, -0.2) is 92.5 Å². The molecule has 13 nitrogen and oxygen atoms in total. The quantitative estimate of drug-likeness (QED) is 0.133. The van der Waals surface area contributed by atoms with E-state index >= 15 is 0 Å². The summed E-state index contributed by atoms with van der Waals surface area (Å²) >= 11 is 3.06. The number of carbonyl (C=O) groups excluding carboxylic acids is 3. The van der Waals surface area contributed by atoms with Gasteiger partial charge < -0.3 is 35.4 Å². The molecule has 15 heteroatoms. The Bertz CT molecular complexity index is 1950. The average molecular weight is 791 g/mol. The first kappa shape index (κ1) is 38.9. The Morgan fingerprint density at radius 1 is 1.07 bits per heavy atom. The summed E-state index contributed by atoms with van der Waals surface area (Å²) in [6.07, 6.45) is 11.8. The second-order valence-corrected chi connectivity index (χ2v) is 17.0. The molecule has 2 aliphatic carbocycles. The van der Waals surface area contributed by atoms with Crippen LogP contribution in [0.25, 0.3) is 22.3 Å². The highest BCUT2D eigenvalue weighted by atomic mass is 32.2. The minimum atomic E-state index is -1.44. The van der Waals surface area contributed by atoms with Gasteiger partial charge in [-0.2, -0.15) is 0 Å². The van der Waals surface area contributed by atoms with Gasteiger partial charge in [-0.3, -0.25) is 9.59 Å². The molecule has 3 fully saturated rings. The van der Waals surface area contributed by atoms with Gasteiger partial charge in [-0.05, 0) is 83.6 Å². The van der Waals surface area contributed by atoms with Gasteiger partial charge in [0.1, 0.15) is 41.3 Å². The van der Waals surface area contributed by atoms with Gasteiger partial charge in [-0.25, -0.2) is 19.6 Å². The van der Waals surface area contributed by atoms with Crippen molar-refractivity contribution >= 4 is 63.0 Å². The van der Waals surface area contributed by atoms with Crippen molar-refractivity contribution in [3.63, 3.8) is 0 Å². The van der Waals surface area contributed by atoms with E-state index in [1.807, 2.05) is 48.1 Å². The second kappa shape index (κ2) is 16.8. The highest BCUT2D eigenvalue weighted by Crippen LogP contribution is 2.46. The van der Waals surface area contributed by atoms with Crippen LogP contribution in [0.4, 0.5) is 9.93 Å². The maximum Gasteiger partial charge on any atom is 0.408 e. The number of carboxylic acid groups (broad SMARTS) is 1. The molecule has 0 unspecified atom stereocenters. The summed E-state index contributed by atoms with van der Waals surface area (Å²) in [4.78, 5) is 66.7. The van der Waals surface area contributed by atoms with Crippen molar-refractivity contribution in [2.75, 3.05) is 18.1 Å². The summed E-state index contributed by atoms with van der Waals surface area (Å²) in [5.74, 6) is -1.89. The number of para-hydroxylation sites is 1. The largest absolute Gasteiger partial charge is 0.488 e. The lowest BCUT2D eigenvalue weighted by molar-refractivity contribution is -0.145. The Kier molecular flexibility index (Phi) is 11.9. The molecule has 0 radical (unpaired) electrons. The first-order chi connectivity index (χ1) is 26.5. The van der Waals surface area contributed by atoms with Crippen molar-refractivity contribution in [2.45, 2.75) is 125 Å². The minimum absolute atomic E-state index is 0.0523. The van der Waals surface area contributed by atoms with Gasteiger partial charge in [0, 0.05) is 40.1 Å². The fraction of sp³-hybridized carbons (Fsp3) is 0.550. The van der Waals surface area contributed by atoms with Crippen LogP contribution in [0.2, 0.25) is 0 Å². The molecule has 3 aromatic rings. The van der Waals surface area contributed by atoms with Crippen LogP contribution >= 0.6 is 23.1 Å². The van der Waals surface area contributed by atoms with Gasteiger partial charge in [0.15, 0.2) is 5.13 Å². The summed E-state index contributed by atoms with van der Waals surface area (Å²) in [7, 11) is 0. The first-order valence-corrected chi connectivity index (χ1v) is 21.5. The number of hydrogen-bond acceptors (Lipinski definition) is 11. The van der Waals surface area contributed by atoms with Crippen molar-refractivity contribution in [1.29, 1.82) is 0 Å². The number of hydrogen-bond donors (Lipinski definition) is 4. The van der Waals surface area contributed by atoms with Gasteiger partial charge >= 0.3 is 12.1 Å². The molecule has 5 atom stereocenters. The molecular formula is C40H50N6O7S2. The number of aliphatic carboxylic acids is 1. The maximum atomic E-state index is 14.6. The van der Waals surface area contributed by atoms with Gasteiger partial charge in [0.25, 0.3) is 0 Å². The normalized spacial score (nSPS) is 26.7. The van der Waals surface area contributed by atoms with E-state index < -0.39 is 47.6 Å². The van der Waals surface area contributed by atoms with Gasteiger partial charge in [0.2, 0.25) is 11.8 Å². The Morgan fingerprint density at radius 2 is 1.87 bits per heavy atom. The van der Waals surface area contributed by atoms with Gasteiger partial charge in [0.05, 0.1) is 17.8 Å². The number of carboxylic acids is 1. The predicted octanol–water partition coefficient (Wildman–Crippen LogP) is 6.77. The number of anilines is 1. The number of amides is 3. The number of carbonyl (C=O) groups is 4. The van der Waals surface area contributed by atoms with Crippen molar-refractivity contribution in [3.05, 3.63) is 41.8 Å². The zero-order valence-corrected chi connectivity index (χ0v) is 33.2. The summed E-state index contributed by atoms with van der Waals surface area (Å²) in [5.41, 5.74) is 0.623. The molecule has 1 saturated heterocycles. The molecular weight excluding hydrogens is 741 g/mol. The summed E-state index contributed by atoms with van der Waals surface area (Å²) < 4.78 is 12.5. The number of aromatic nitrogens is 2. The maximum absolute atomic E-state index is 14.6. The molecule has 2 aromatic heterocycles. The molecule has 2 aliphatic heterocycles. The van der Waals surface area contributed by atoms with E-state index in [2.05, 4.69) is 29.8 Å². The number of pyridine rings is 1. The fourth-order valence-electron chi connectivity index (χ4n) is 7.95. The van der Waals surface area contributed by atoms with Gasteiger partial charge in [-0.1, -0.05) is 31.1 Å². The van der Waals surface area contributed by atoms with Crippen LogP contribution < -0.4 is 20.7 Å². The molecule has 7 rings (SSSR count). The third-order valence-electron chi connectivity index (χ3n) is 10.9. The molecule has 2 saturated carbocycles. The van der Waals surface area contributed by atoms with E-state index in [1.165, 1.54) is 16.2 Å². The van der Waals surface area contributed by atoms with Crippen LogP contribution in [0.3, 0.4) is 0 Å². The van der Waals surface area contributed by atoms with Gasteiger partial charge in [-0.15, -0.1) is 23.1 Å². The highest BCUT2D eigenvalue weighted by Gasteiger charge is 2.61. The van der Waals surface area contributed by atoms with E-state index in [0.717, 1.165) is 65.9 Å². The molecule has 0 spiro atoms. The number of thioether (sulfide) groups is 1. The highest BCUT2D eigenvalue weighted by molar-refractivity contribution is 7.98. The number of alkyl carbamates (subject to hydrolysis) is 1. The monoisotopic (exact) mass is 790 g/mol. The van der Waals surface area contributed by atoms with Crippen molar-refractivity contribution in [1.82, 2.24) is 25.5 Å². The molecule has 3 amide bonds. The van der Waals surface area contributed by atoms with Crippen molar-refractivity contribution in [2.24, 2.45) is 5.92 Å². The molecule has 4 heterocycles. The number of fused-ring (bicyclic) bond motifs is 3.